The Bertz CT molecular complexity index is 421. The summed E-state index contributed by atoms with van der Waals surface area (Å²) in [4.78, 5) is 11.5. The fourth-order valence-corrected chi connectivity index (χ4v) is 1.60. The van der Waals surface area contributed by atoms with Gasteiger partial charge in [0.2, 0.25) is 5.91 Å². The summed E-state index contributed by atoms with van der Waals surface area (Å²) < 4.78 is 10.4. The summed E-state index contributed by atoms with van der Waals surface area (Å²) in [5, 5.41) is 2.27. The number of carbonyl (C=O) groups excluding carboxylic acids is 1. The maximum atomic E-state index is 11.5. The SMILES string of the molecule is COc1ccc(C(C)NC(=O)C(C)Cl)cc1OC. The van der Waals surface area contributed by atoms with Crippen LogP contribution in [-0.4, -0.2) is 25.5 Å². The molecule has 0 fully saturated rings. The van der Waals surface area contributed by atoms with Crippen LogP contribution >= 0.6 is 11.6 Å². The molecule has 0 saturated heterocycles. The predicted molar refractivity (Wildman–Crippen MR) is 71.4 cm³/mol. The van der Waals surface area contributed by atoms with Gasteiger partial charge in [0.15, 0.2) is 11.5 Å². The second-order valence-electron chi connectivity index (χ2n) is 3.96. The summed E-state index contributed by atoms with van der Waals surface area (Å²) in [5.41, 5.74) is 0.929. The van der Waals surface area contributed by atoms with Crippen LogP contribution in [0, 0.1) is 0 Å². The topological polar surface area (TPSA) is 47.6 Å². The molecule has 1 aromatic rings. The molecule has 100 valence electrons. The Morgan fingerprint density at radius 1 is 1.22 bits per heavy atom. The van der Waals surface area contributed by atoms with E-state index >= 15 is 0 Å². The maximum Gasteiger partial charge on any atom is 0.238 e. The first-order valence-electron chi connectivity index (χ1n) is 5.66. The number of alkyl halides is 1. The summed E-state index contributed by atoms with van der Waals surface area (Å²) in [6, 6.07) is 5.38. The number of nitrogens with one attached hydrogen (secondary N) is 1. The fourth-order valence-electron chi connectivity index (χ4n) is 1.53. The van der Waals surface area contributed by atoms with Crippen molar-refractivity contribution in [3.8, 4) is 11.5 Å². The van der Waals surface area contributed by atoms with Crippen LogP contribution in [-0.2, 0) is 4.79 Å². The number of benzene rings is 1. The average molecular weight is 272 g/mol. The Morgan fingerprint density at radius 3 is 2.33 bits per heavy atom. The fraction of sp³-hybridized carbons (Fsp3) is 0.462. The highest BCUT2D eigenvalue weighted by Crippen LogP contribution is 2.29. The minimum atomic E-state index is -0.549. The van der Waals surface area contributed by atoms with Crippen LogP contribution < -0.4 is 14.8 Å². The number of methoxy groups -OCH3 is 2. The molecule has 0 bridgehead atoms. The highest BCUT2D eigenvalue weighted by atomic mass is 35.5. The van der Waals surface area contributed by atoms with E-state index in [2.05, 4.69) is 5.32 Å². The van der Waals surface area contributed by atoms with Gasteiger partial charge >= 0.3 is 0 Å². The number of carbonyl (C=O) groups is 1. The lowest BCUT2D eigenvalue weighted by Gasteiger charge is -2.17. The number of rotatable bonds is 5. The smallest absolute Gasteiger partial charge is 0.238 e. The summed E-state index contributed by atoms with van der Waals surface area (Å²) in [6.45, 7) is 3.52. The van der Waals surface area contributed by atoms with Crippen molar-refractivity contribution < 1.29 is 14.3 Å². The van der Waals surface area contributed by atoms with Gasteiger partial charge < -0.3 is 14.8 Å². The van der Waals surface area contributed by atoms with E-state index in [1.165, 1.54) is 0 Å². The minimum absolute atomic E-state index is 0.140. The van der Waals surface area contributed by atoms with Gasteiger partial charge in [-0.05, 0) is 31.5 Å². The average Bonchev–Trinajstić information content (AvgIpc) is 2.37. The number of hydrogen-bond acceptors (Lipinski definition) is 3. The van der Waals surface area contributed by atoms with Crippen LogP contribution in [0.3, 0.4) is 0 Å². The first kappa shape index (κ1) is 14.6. The second kappa shape index (κ2) is 6.50. The lowest BCUT2D eigenvalue weighted by molar-refractivity contribution is -0.121. The van der Waals surface area contributed by atoms with Crippen molar-refractivity contribution in [2.45, 2.75) is 25.3 Å². The zero-order chi connectivity index (χ0) is 13.7. The Labute approximate surface area is 112 Å². The maximum absolute atomic E-state index is 11.5. The Morgan fingerprint density at radius 2 is 1.83 bits per heavy atom. The molecule has 0 aliphatic heterocycles. The molecular weight excluding hydrogens is 254 g/mol. The molecule has 0 radical (unpaired) electrons. The van der Waals surface area contributed by atoms with Gasteiger partial charge in [0.1, 0.15) is 5.38 Å². The predicted octanol–water partition coefficient (Wildman–Crippen LogP) is 2.51. The third-order valence-electron chi connectivity index (χ3n) is 2.63. The van der Waals surface area contributed by atoms with E-state index in [4.69, 9.17) is 21.1 Å². The highest BCUT2D eigenvalue weighted by molar-refractivity contribution is 6.30. The Hall–Kier alpha value is -1.42. The van der Waals surface area contributed by atoms with Gasteiger partial charge in [0, 0.05) is 0 Å². The molecule has 1 rings (SSSR count). The number of ether oxygens (including phenoxy) is 2. The largest absolute Gasteiger partial charge is 0.493 e. The molecule has 0 spiro atoms. The van der Waals surface area contributed by atoms with Gasteiger partial charge in [-0.15, -0.1) is 11.6 Å². The molecule has 0 aliphatic rings. The minimum Gasteiger partial charge on any atom is -0.493 e. The molecule has 0 aromatic heterocycles. The normalized spacial score (nSPS) is 13.6. The van der Waals surface area contributed by atoms with E-state index in [-0.39, 0.29) is 11.9 Å². The molecule has 2 atom stereocenters. The van der Waals surface area contributed by atoms with Crippen LogP contribution in [0.25, 0.3) is 0 Å². The lowest BCUT2D eigenvalue weighted by atomic mass is 10.1. The van der Waals surface area contributed by atoms with Crippen molar-refractivity contribution in [3.05, 3.63) is 23.8 Å². The standard InChI is InChI=1S/C13H18ClNO3/c1-8(14)13(16)15-9(2)10-5-6-11(17-3)12(7-10)18-4/h5-9H,1-4H3,(H,15,16). The summed E-state index contributed by atoms with van der Waals surface area (Å²) in [7, 11) is 3.16. The second-order valence-corrected chi connectivity index (χ2v) is 4.62. The van der Waals surface area contributed by atoms with Crippen molar-refractivity contribution >= 4 is 17.5 Å². The number of halogens is 1. The van der Waals surface area contributed by atoms with E-state index < -0.39 is 5.38 Å². The molecule has 1 aromatic carbocycles. The van der Waals surface area contributed by atoms with Crippen molar-refractivity contribution in [2.75, 3.05) is 14.2 Å². The van der Waals surface area contributed by atoms with Crippen molar-refractivity contribution in [1.29, 1.82) is 0 Å². The van der Waals surface area contributed by atoms with Crippen LogP contribution in [0.5, 0.6) is 11.5 Å². The molecule has 0 saturated carbocycles. The van der Waals surface area contributed by atoms with Gasteiger partial charge in [-0.3, -0.25) is 4.79 Å². The van der Waals surface area contributed by atoms with Gasteiger partial charge in [-0.25, -0.2) is 0 Å². The summed E-state index contributed by atoms with van der Waals surface area (Å²) in [6.07, 6.45) is 0. The van der Waals surface area contributed by atoms with Crippen LogP contribution in [0.1, 0.15) is 25.5 Å². The summed E-state index contributed by atoms with van der Waals surface area (Å²) >= 11 is 5.71. The molecule has 4 nitrogen and oxygen atoms in total. The van der Waals surface area contributed by atoms with Crippen molar-refractivity contribution in [1.82, 2.24) is 5.32 Å². The molecule has 0 heterocycles. The van der Waals surface area contributed by atoms with Crippen LogP contribution in [0.2, 0.25) is 0 Å². The van der Waals surface area contributed by atoms with Gasteiger partial charge in [0.25, 0.3) is 0 Å². The molecule has 18 heavy (non-hydrogen) atoms. The van der Waals surface area contributed by atoms with Crippen LogP contribution in [0.15, 0.2) is 18.2 Å². The first-order chi connectivity index (χ1) is 8.49. The highest BCUT2D eigenvalue weighted by Gasteiger charge is 2.15. The van der Waals surface area contributed by atoms with Crippen LogP contribution in [0.4, 0.5) is 0 Å². The quantitative estimate of drug-likeness (QED) is 0.837. The molecular formula is C13H18ClNO3. The molecule has 2 unspecified atom stereocenters. The van der Waals surface area contributed by atoms with E-state index in [1.807, 2.05) is 19.1 Å². The van der Waals surface area contributed by atoms with Gasteiger partial charge in [0.05, 0.1) is 20.3 Å². The van der Waals surface area contributed by atoms with Gasteiger partial charge in [-0.2, -0.15) is 0 Å². The molecule has 1 amide bonds. The third-order valence-corrected chi connectivity index (χ3v) is 2.83. The van der Waals surface area contributed by atoms with E-state index in [0.29, 0.717) is 11.5 Å². The lowest BCUT2D eigenvalue weighted by Crippen LogP contribution is -2.31. The van der Waals surface area contributed by atoms with Gasteiger partial charge in [-0.1, -0.05) is 6.07 Å². The molecule has 1 N–H and O–H groups in total. The number of amides is 1. The van der Waals surface area contributed by atoms with E-state index in [1.54, 1.807) is 27.2 Å². The number of hydrogen-bond donors (Lipinski definition) is 1. The Kier molecular flexibility index (Phi) is 5.28. The Balaban J connectivity index is 2.86. The summed E-state index contributed by atoms with van der Waals surface area (Å²) in [5.74, 6) is 1.10. The first-order valence-corrected chi connectivity index (χ1v) is 6.09. The monoisotopic (exact) mass is 271 g/mol. The van der Waals surface area contributed by atoms with Crippen molar-refractivity contribution in [3.63, 3.8) is 0 Å². The van der Waals surface area contributed by atoms with E-state index in [0.717, 1.165) is 5.56 Å². The zero-order valence-corrected chi connectivity index (χ0v) is 11.7. The van der Waals surface area contributed by atoms with E-state index in [9.17, 15) is 4.79 Å². The molecule has 5 heteroatoms. The van der Waals surface area contributed by atoms with Crippen molar-refractivity contribution in [2.24, 2.45) is 0 Å². The zero-order valence-electron chi connectivity index (χ0n) is 11.0. The molecule has 0 aliphatic carbocycles. The third kappa shape index (κ3) is 3.53.